The summed E-state index contributed by atoms with van der Waals surface area (Å²) in [5, 5.41) is 21.3. The molecule has 1 aromatic carbocycles. The number of hydrogen-bond donors (Lipinski definition) is 1. The van der Waals surface area contributed by atoms with Crippen LogP contribution in [0, 0.1) is 15.9 Å². The number of aromatic nitrogens is 3. The van der Waals surface area contributed by atoms with E-state index in [4.69, 9.17) is 0 Å². The Labute approximate surface area is 101 Å². The fourth-order valence-corrected chi connectivity index (χ4v) is 1.51. The number of halogens is 1. The minimum atomic E-state index is -0.666. The smallest absolute Gasteiger partial charge is 0.297 e. The third kappa shape index (κ3) is 2.33. The first kappa shape index (κ1) is 12.1. The van der Waals surface area contributed by atoms with Crippen LogP contribution in [0.1, 0.15) is 5.69 Å². The van der Waals surface area contributed by atoms with Crippen LogP contribution < -0.4 is 5.32 Å². The highest BCUT2D eigenvalue weighted by atomic mass is 19.1. The van der Waals surface area contributed by atoms with Crippen LogP contribution in [0.5, 0.6) is 0 Å². The number of nitrogens with one attached hydrogen (secondary N) is 1. The maximum absolute atomic E-state index is 13.0. The van der Waals surface area contributed by atoms with E-state index in [9.17, 15) is 14.5 Å². The fourth-order valence-electron chi connectivity index (χ4n) is 1.51. The molecule has 2 rings (SSSR count). The van der Waals surface area contributed by atoms with Gasteiger partial charge in [-0.25, -0.2) is 9.07 Å². The first-order valence-electron chi connectivity index (χ1n) is 5.12. The summed E-state index contributed by atoms with van der Waals surface area (Å²) in [5.41, 5.74) is 0.461. The van der Waals surface area contributed by atoms with Crippen molar-refractivity contribution in [3.8, 4) is 5.69 Å². The fraction of sp³-hybridized carbons (Fsp3) is 0.200. The lowest BCUT2D eigenvalue weighted by molar-refractivity contribution is -0.384. The van der Waals surface area contributed by atoms with Gasteiger partial charge in [-0.05, 0) is 19.2 Å². The first-order chi connectivity index (χ1) is 8.61. The molecule has 0 atom stereocenters. The molecule has 0 amide bonds. The molecular weight excluding hydrogens is 241 g/mol. The summed E-state index contributed by atoms with van der Waals surface area (Å²) in [6.07, 6.45) is 1.55. The number of benzene rings is 1. The van der Waals surface area contributed by atoms with Crippen molar-refractivity contribution >= 4 is 5.69 Å². The lowest BCUT2D eigenvalue weighted by atomic mass is 10.2. The molecule has 18 heavy (non-hydrogen) atoms. The van der Waals surface area contributed by atoms with Gasteiger partial charge in [0.1, 0.15) is 11.5 Å². The van der Waals surface area contributed by atoms with Gasteiger partial charge in [0.05, 0.1) is 22.9 Å². The van der Waals surface area contributed by atoms with Crippen molar-refractivity contribution in [1.29, 1.82) is 0 Å². The van der Waals surface area contributed by atoms with Gasteiger partial charge in [-0.2, -0.15) is 0 Å². The highest BCUT2D eigenvalue weighted by Gasteiger charge is 2.17. The molecule has 0 bridgehead atoms. The summed E-state index contributed by atoms with van der Waals surface area (Å²) in [5.74, 6) is -0.666. The van der Waals surface area contributed by atoms with Crippen LogP contribution in [0.15, 0.2) is 24.4 Å². The lowest BCUT2D eigenvalue weighted by Gasteiger charge is -2.01. The van der Waals surface area contributed by atoms with Gasteiger partial charge in [-0.1, -0.05) is 5.21 Å². The van der Waals surface area contributed by atoms with Crippen molar-refractivity contribution in [2.75, 3.05) is 7.05 Å². The predicted molar refractivity (Wildman–Crippen MR) is 60.7 cm³/mol. The van der Waals surface area contributed by atoms with Crippen molar-refractivity contribution in [3.05, 3.63) is 46.0 Å². The van der Waals surface area contributed by atoms with Crippen LogP contribution in [0.25, 0.3) is 5.69 Å². The van der Waals surface area contributed by atoms with Crippen LogP contribution in [0.3, 0.4) is 0 Å². The Morgan fingerprint density at radius 2 is 2.33 bits per heavy atom. The Balaban J connectivity index is 2.45. The minimum absolute atomic E-state index is 0.177. The van der Waals surface area contributed by atoms with E-state index in [1.165, 1.54) is 10.7 Å². The Morgan fingerprint density at radius 1 is 1.56 bits per heavy atom. The van der Waals surface area contributed by atoms with E-state index in [-0.39, 0.29) is 11.4 Å². The van der Waals surface area contributed by atoms with E-state index in [0.717, 1.165) is 12.1 Å². The summed E-state index contributed by atoms with van der Waals surface area (Å²) in [7, 11) is 1.75. The molecule has 2 aromatic rings. The number of hydrogen-bond acceptors (Lipinski definition) is 5. The van der Waals surface area contributed by atoms with Gasteiger partial charge in [-0.3, -0.25) is 10.1 Å². The third-order valence-electron chi connectivity index (χ3n) is 2.28. The van der Waals surface area contributed by atoms with Crippen molar-refractivity contribution in [1.82, 2.24) is 20.3 Å². The van der Waals surface area contributed by atoms with Gasteiger partial charge in [0.25, 0.3) is 5.69 Å². The molecule has 0 aliphatic heterocycles. The van der Waals surface area contributed by atoms with Gasteiger partial charge in [-0.15, -0.1) is 5.10 Å². The Hall–Kier alpha value is -2.35. The molecule has 1 N–H and O–H groups in total. The molecule has 0 fully saturated rings. The molecule has 94 valence electrons. The molecule has 0 aliphatic rings. The van der Waals surface area contributed by atoms with E-state index in [2.05, 4.69) is 15.6 Å². The summed E-state index contributed by atoms with van der Waals surface area (Å²) >= 11 is 0. The molecule has 1 aromatic heterocycles. The number of nitrogens with zero attached hydrogens (tertiary/aromatic N) is 4. The molecule has 0 saturated heterocycles. The average Bonchev–Trinajstić information content (AvgIpc) is 2.78. The molecule has 8 heteroatoms. The van der Waals surface area contributed by atoms with Crippen molar-refractivity contribution < 1.29 is 9.31 Å². The van der Waals surface area contributed by atoms with Gasteiger partial charge < -0.3 is 5.32 Å². The zero-order valence-corrected chi connectivity index (χ0v) is 9.50. The highest BCUT2D eigenvalue weighted by Crippen LogP contribution is 2.23. The van der Waals surface area contributed by atoms with Crippen LogP contribution >= 0.6 is 0 Å². The third-order valence-corrected chi connectivity index (χ3v) is 2.28. The Morgan fingerprint density at radius 3 is 3.00 bits per heavy atom. The minimum Gasteiger partial charge on any atom is -0.314 e. The van der Waals surface area contributed by atoms with E-state index in [1.807, 2.05) is 0 Å². The van der Waals surface area contributed by atoms with Crippen LogP contribution in [0.4, 0.5) is 10.1 Å². The summed E-state index contributed by atoms with van der Waals surface area (Å²) in [4.78, 5) is 10.2. The van der Waals surface area contributed by atoms with Crippen molar-refractivity contribution in [3.63, 3.8) is 0 Å². The van der Waals surface area contributed by atoms with Gasteiger partial charge in [0, 0.05) is 6.54 Å². The van der Waals surface area contributed by atoms with E-state index >= 15 is 0 Å². The number of rotatable bonds is 4. The summed E-state index contributed by atoms with van der Waals surface area (Å²) in [6, 6.07) is 3.29. The number of nitro benzene ring substituents is 1. The summed E-state index contributed by atoms with van der Waals surface area (Å²) < 4.78 is 14.2. The second-order valence-electron chi connectivity index (χ2n) is 3.57. The molecule has 1 heterocycles. The lowest BCUT2D eigenvalue weighted by Crippen LogP contribution is -2.05. The molecule has 0 spiro atoms. The van der Waals surface area contributed by atoms with E-state index in [1.54, 1.807) is 13.2 Å². The van der Waals surface area contributed by atoms with Crippen LogP contribution in [-0.4, -0.2) is 27.0 Å². The molecule has 0 unspecified atom stereocenters. The Bertz CT molecular complexity index is 583. The monoisotopic (exact) mass is 251 g/mol. The standard InChI is InChI=1S/C10H10FN5O2/c1-12-5-8-6-15(14-13-8)9-3-2-7(11)4-10(9)16(17)18/h2-4,6,12H,5H2,1H3. The number of nitro groups is 1. The quantitative estimate of drug-likeness (QED) is 0.648. The molecule has 0 saturated carbocycles. The molecule has 0 aliphatic carbocycles. The second-order valence-corrected chi connectivity index (χ2v) is 3.57. The molecular formula is C10H10FN5O2. The van der Waals surface area contributed by atoms with Gasteiger partial charge in [0.15, 0.2) is 0 Å². The normalized spacial score (nSPS) is 10.6. The summed E-state index contributed by atoms with van der Waals surface area (Å²) in [6.45, 7) is 0.495. The maximum atomic E-state index is 13.0. The van der Waals surface area contributed by atoms with Crippen LogP contribution in [0.2, 0.25) is 0 Å². The van der Waals surface area contributed by atoms with Gasteiger partial charge in [0.2, 0.25) is 0 Å². The van der Waals surface area contributed by atoms with Crippen molar-refractivity contribution in [2.45, 2.75) is 6.54 Å². The van der Waals surface area contributed by atoms with E-state index < -0.39 is 10.7 Å². The van der Waals surface area contributed by atoms with Crippen molar-refractivity contribution in [2.24, 2.45) is 0 Å². The highest BCUT2D eigenvalue weighted by molar-refractivity contribution is 5.51. The first-order valence-corrected chi connectivity index (χ1v) is 5.12. The van der Waals surface area contributed by atoms with Gasteiger partial charge >= 0.3 is 0 Å². The molecule has 7 nitrogen and oxygen atoms in total. The SMILES string of the molecule is CNCc1cn(-c2ccc(F)cc2[N+](=O)[O-])nn1. The second kappa shape index (κ2) is 4.88. The predicted octanol–water partition coefficient (Wildman–Crippen LogP) is 1.03. The largest absolute Gasteiger partial charge is 0.314 e. The molecule has 0 radical (unpaired) electrons. The maximum Gasteiger partial charge on any atom is 0.297 e. The zero-order valence-electron chi connectivity index (χ0n) is 9.50. The average molecular weight is 251 g/mol. The zero-order chi connectivity index (χ0) is 13.1. The van der Waals surface area contributed by atoms with Crippen LogP contribution in [-0.2, 0) is 6.54 Å². The topological polar surface area (TPSA) is 85.9 Å². The van der Waals surface area contributed by atoms with E-state index in [0.29, 0.717) is 12.2 Å². The Kier molecular flexibility index (Phi) is 3.28.